The van der Waals surface area contributed by atoms with Crippen LogP contribution in [0.15, 0.2) is 42.6 Å². The summed E-state index contributed by atoms with van der Waals surface area (Å²) in [7, 11) is 0. The summed E-state index contributed by atoms with van der Waals surface area (Å²) in [5.41, 5.74) is 3.50. The molecule has 2 rings (SSSR count). The number of nitrogens with one attached hydrogen (secondary N) is 1. The smallest absolute Gasteiger partial charge is 0.0751 e. The molecule has 100 valence electrons. The van der Waals surface area contributed by atoms with E-state index in [2.05, 4.69) is 48.4 Å². The molecule has 1 aromatic heterocycles. The fraction of sp³-hybridized carbons (Fsp3) is 0.312. The average molecular weight is 275 g/mol. The molecule has 0 radical (unpaired) electrons. The monoisotopic (exact) mass is 274 g/mol. The van der Waals surface area contributed by atoms with Gasteiger partial charge in [-0.25, -0.2) is 0 Å². The number of hydrogen-bond donors (Lipinski definition) is 1. The Hall–Kier alpha value is -1.38. The number of aryl methyl sites for hydroxylation is 1. The lowest BCUT2D eigenvalue weighted by atomic mass is 10.0. The minimum atomic E-state index is 0.122. The molecule has 0 amide bonds. The number of hydrogen-bond acceptors (Lipinski definition) is 2. The highest BCUT2D eigenvalue weighted by molar-refractivity contribution is 6.30. The Morgan fingerprint density at radius 1 is 1.26 bits per heavy atom. The maximum atomic E-state index is 5.91. The summed E-state index contributed by atoms with van der Waals surface area (Å²) >= 11 is 5.91. The van der Waals surface area contributed by atoms with Gasteiger partial charge in [-0.3, -0.25) is 4.98 Å². The van der Waals surface area contributed by atoms with E-state index in [1.165, 1.54) is 11.1 Å². The molecule has 0 fully saturated rings. The van der Waals surface area contributed by atoms with E-state index in [0.29, 0.717) is 5.02 Å². The van der Waals surface area contributed by atoms with Gasteiger partial charge in [0.05, 0.1) is 16.8 Å². The quantitative estimate of drug-likeness (QED) is 0.887. The predicted octanol–water partition coefficient (Wildman–Crippen LogP) is 4.13. The average Bonchev–Trinajstić information content (AvgIpc) is 2.41. The molecular formula is C16H19ClN2. The Labute approximate surface area is 119 Å². The molecule has 19 heavy (non-hydrogen) atoms. The summed E-state index contributed by atoms with van der Waals surface area (Å²) in [6.07, 6.45) is 2.79. The van der Waals surface area contributed by atoms with Crippen molar-refractivity contribution in [2.45, 2.75) is 26.3 Å². The van der Waals surface area contributed by atoms with E-state index in [1.807, 2.05) is 12.1 Å². The Morgan fingerprint density at radius 2 is 2.11 bits per heavy atom. The van der Waals surface area contributed by atoms with Crippen LogP contribution in [0, 0.1) is 6.92 Å². The summed E-state index contributed by atoms with van der Waals surface area (Å²) in [5, 5.41) is 4.21. The predicted molar refractivity (Wildman–Crippen MR) is 80.6 cm³/mol. The van der Waals surface area contributed by atoms with Gasteiger partial charge < -0.3 is 5.32 Å². The van der Waals surface area contributed by atoms with Crippen molar-refractivity contribution >= 4 is 11.6 Å². The second-order valence-electron chi connectivity index (χ2n) is 4.70. The van der Waals surface area contributed by atoms with Crippen LogP contribution in [-0.2, 0) is 0 Å². The van der Waals surface area contributed by atoms with Crippen molar-refractivity contribution in [3.63, 3.8) is 0 Å². The van der Waals surface area contributed by atoms with Crippen molar-refractivity contribution in [1.29, 1.82) is 0 Å². The van der Waals surface area contributed by atoms with Gasteiger partial charge in [-0.2, -0.15) is 0 Å². The Balaban J connectivity index is 2.32. The van der Waals surface area contributed by atoms with Crippen LogP contribution in [0.1, 0.15) is 36.2 Å². The molecule has 1 unspecified atom stereocenters. The third kappa shape index (κ3) is 3.79. The van der Waals surface area contributed by atoms with Gasteiger partial charge in [-0.1, -0.05) is 48.4 Å². The van der Waals surface area contributed by atoms with Crippen LogP contribution in [0.25, 0.3) is 0 Å². The van der Waals surface area contributed by atoms with E-state index in [-0.39, 0.29) is 6.04 Å². The number of aromatic nitrogens is 1. The SMILES string of the molecule is CCCNC(c1cccc(C)c1)c1ccc(Cl)cn1. The van der Waals surface area contributed by atoms with Crippen molar-refractivity contribution in [1.82, 2.24) is 10.3 Å². The van der Waals surface area contributed by atoms with E-state index >= 15 is 0 Å². The molecule has 0 aliphatic rings. The number of rotatable bonds is 5. The fourth-order valence-electron chi connectivity index (χ4n) is 2.09. The number of benzene rings is 1. The normalized spacial score (nSPS) is 12.4. The first-order valence-electron chi connectivity index (χ1n) is 6.62. The zero-order chi connectivity index (χ0) is 13.7. The zero-order valence-corrected chi connectivity index (χ0v) is 12.1. The van der Waals surface area contributed by atoms with Gasteiger partial charge in [0, 0.05) is 6.20 Å². The number of halogens is 1. The standard InChI is InChI=1S/C16H19ClN2/c1-3-9-18-16(13-6-4-5-12(2)10-13)15-8-7-14(17)11-19-15/h4-8,10-11,16,18H,3,9H2,1-2H3. The van der Waals surface area contributed by atoms with Crippen molar-refractivity contribution in [3.05, 3.63) is 64.4 Å². The van der Waals surface area contributed by atoms with Gasteiger partial charge in [-0.15, -0.1) is 0 Å². The van der Waals surface area contributed by atoms with Gasteiger partial charge in [0.1, 0.15) is 0 Å². The molecule has 2 aromatic rings. The highest BCUT2D eigenvalue weighted by Crippen LogP contribution is 2.22. The molecule has 0 aliphatic heterocycles. The maximum Gasteiger partial charge on any atom is 0.0751 e. The summed E-state index contributed by atoms with van der Waals surface area (Å²) in [4.78, 5) is 4.44. The molecule has 1 atom stereocenters. The third-order valence-electron chi connectivity index (χ3n) is 3.02. The van der Waals surface area contributed by atoms with Gasteiger partial charge in [0.15, 0.2) is 0 Å². The van der Waals surface area contributed by atoms with Crippen LogP contribution < -0.4 is 5.32 Å². The zero-order valence-electron chi connectivity index (χ0n) is 11.4. The highest BCUT2D eigenvalue weighted by Gasteiger charge is 2.14. The van der Waals surface area contributed by atoms with E-state index < -0.39 is 0 Å². The molecule has 0 aliphatic carbocycles. The molecule has 0 spiro atoms. The van der Waals surface area contributed by atoms with Crippen LogP contribution in [0.3, 0.4) is 0 Å². The van der Waals surface area contributed by atoms with Crippen LogP contribution in [0.4, 0.5) is 0 Å². The Kier molecular flexibility index (Phi) is 4.94. The van der Waals surface area contributed by atoms with Gasteiger partial charge in [-0.05, 0) is 37.6 Å². The Bertz CT molecular complexity index is 523. The molecule has 1 heterocycles. The number of pyridine rings is 1. The molecule has 0 saturated carbocycles. The lowest BCUT2D eigenvalue weighted by Crippen LogP contribution is -2.24. The minimum absolute atomic E-state index is 0.122. The maximum absolute atomic E-state index is 5.91. The van der Waals surface area contributed by atoms with Crippen LogP contribution in [-0.4, -0.2) is 11.5 Å². The summed E-state index contributed by atoms with van der Waals surface area (Å²) in [5.74, 6) is 0. The molecule has 0 bridgehead atoms. The molecule has 3 heteroatoms. The second-order valence-corrected chi connectivity index (χ2v) is 5.14. The molecular weight excluding hydrogens is 256 g/mol. The first-order valence-corrected chi connectivity index (χ1v) is 7.00. The topological polar surface area (TPSA) is 24.9 Å². The van der Waals surface area contributed by atoms with E-state index in [4.69, 9.17) is 11.6 Å². The third-order valence-corrected chi connectivity index (χ3v) is 3.24. The van der Waals surface area contributed by atoms with Crippen molar-refractivity contribution < 1.29 is 0 Å². The summed E-state index contributed by atoms with van der Waals surface area (Å²) in [6.45, 7) is 5.23. The van der Waals surface area contributed by atoms with Gasteiger partial charge in [0.25, 0.3) is 0 Å². The van der Waals surface area contributed by atoms with Crippen molar-refractivity contribution in [2.75, 3.05) is 6.54 Å². The lowest BCUT2D eigenvalue weighted by Gasteiger charge is -2.19. The summed E-state index contributed by atoms with van der Waals surface area (Å²) in [6, 6.07) is 12.5. The Morgan fingerprint density at radius 3 is 2.74 bits per heavy atom. The number of nitrogens with zero attached hydrogens (tertiary/aromatic N) is 1. The van der Waals surface area contributed by atoms with Crippen LogP contribution in [0.2, 0.25) is 5.02 Å². The molecule has 2 nitrogen and oxygen atoms in total. The highest BCUT2D eigenvalue weighted by atomic mass is 35.5. The molecule has 1 aromatic carbocycles. The molecule has 0 saturated heterocycles. The largest absolute Gasteiger partial charge is 0.305 e. The van der Waals surface area contributed by atoms with E-state index in [1.54, 1.807) is 6.20 Å². The van der Waals surface area contributed by atoms with Crippen LogP contribution >= 0.6 is 11.6 Å². The molecule has 1 N–H and O–H groups in total. The fourth-order valence-corrected chi connectivity index (χ4v) is 2.20. The van der Waals surface area contributed by atoms with Crippen molar-refractivity contribution in [2.24, 2.45) is 0 Å². The minimum Gasteiger partial charge on any atom is -0.305 e. The van der Waals surface area contributed by atoms with Gasteiger partial charge >= 0.3 is 0 Å². The first-order chi connectivity index (χ1) is 9.20. The summed E-state index contributed by atoms with van der Waals surface area (Å²) < 4.78 is 0. The van der Waals surface area contributed by atoms with E-state index in [9.17, 15) is 0 Å². The van der Waals surface area contributed by atoms with E-state index in [0.717, 1.165) is 18.7 Å². The second kappa shape index (κ2) is 6.69. The van der Waals surface area contributed by atoms with Gasteiger partial charge in [0.2, 0.25) is 0 Å². The first kappa shape index (κ1) is 14.0. The van der Waals surface area contributed by atoms with Crippen molar-refractivity contribution in [3.8, 4) is 0 Å². The van der Waals surface area contributed by atoms with Crippen LogP contribution in [0.5, 0.6) is 0 Å². The lowest BCUT2D eigenvalue weighted by molar-refractivity contribution is 0.586.